The van der Waals surface area contributed by atoms with Crippen LogP contribution in [0.5, 0.6) is 5.75 Å². The molecule has 0 saturated carbocycles. The molecule has 0 saturated heterocycles. The average Bonchev–Trinajstić information content (AvgIpc) is 2.80. The van der Waals surface area contributed by atoms with Crippen LogP contribution in [-0.4, -0.2) is 9.67 Å². The van der Waals surface area contributed by atoms with Gasteiger partial charge in [0, 0.05) is 34.3 Å². The van der Waals surface area contributed by atoms with Crippen LogP contribution in [0.1, 0.15) is 12.5 Å². The van der Waals surface area contributed by atoms with Crippen molar-refractivity contribution in [1.82, 2.24) is 4.57 Å². The van der Waals surface area contributed by atoms with Crippen LogP contribution >= 0.6 is 0 Å². The first-order chi connectivity index (χ1) is 9.22. The molecule has 1 heterocycles. The van der Waals surface area contributed by atoms with Crippen LogP contribution in [0, 0.1) is 6.92 Å². The van der Waals surface area contributed by atoms with Crippen molar-refractivity contribution in [3.05, 3.63) is 54.1 Å². The Morgan fingerprint density at radius 1 is 1.05 bits per heavy atom. The first kappa shape index (κ1) is 11.8. The van der Waals surface area contributed by atoms with Gasteiger partial charge in [-0.25, -0.2) is 0 Å². The van der Waals surface area contributed by atoms with E-state index in [0.29, 0.717) is 5.75 Å². The molecule has 0 bridgehead atoms. The molecule has 0 aliphatic carbocycles. The second-order valence-corrected chi connectivity index (χ2v) is 4.78. The van der Waals surface area contributed by atoms with E-state index in [0.717, 1.165) is 23.4 Å². The lowest BCUT2D eigenvalue weighted by atomic mass is 10.0. The summed E-state index contributed by atoms with van der Waals surface area (Å²) in [6, 6.07) is 16.3. The monoisotopic (exact) mass is 251 g/mol. The van der Waals surface area contributed by atoms with Crippen LogP contribution in [0.3, 0.4) is 0 Å². The number of phenolic OH excluding ortho intramolecular Hbond substituents is 1. The van der Waals surface area contributed by atoms with Crippen molar-refractivity contribution in [2.24, 2.45) is 0 Å². The van der Waals surface area contributed by atoms with Crippen molar-refractivity contribution in [1.29, 1.82) is 0 Å². The van der Waals surface area contributed by atoms with Gasteiger partial charge in [0.1, 0.15) is 5.75 Å². The second kappa shape index (κ2) is 4.47. The topological polar surface area (TPSA) is 25.2 Å². The number of phenols is 1. The van der Waals surface area contributed by atoms with Gasteiger partial charge in [-0.1, -0.05) is 30.3 Å². The Balaban J connectivity index is 2.33. The molecule has 1 N–H and O–H groups in total. The number of aromatic hydroxyl groups is 1. The predicted molar refractivity (Wildman–Crippen MR) is 79.4 cm³/mol. The zero-order valence-corrected chi connectivity index (χ0v) is 11.2. The largest absolute Gasteiger partial charge is 0.508 e. The third kappa shape index (κ3) is 1.80. The van der Waals surface area contributed by atoms with Gasteiger partial charge in [-0.15, -0.1) is 0 Å². The number of benzene rings is 2. The molecule has 0 aliphatic heterocycles. The number of para-hydroxylation sites is 1. The molecule has 19 heavy (non-hydrogen) atoms. The molecule has 2 heteroatoms. The number of aryl methyl sites for hydroxylation is 1. The summed E-state index contributed by atoms with van der Waals surface area (Å²) in [5.74, 6) is 0.352. The lowest BCUT2D eigenvalue weighted by Crippen LogP contribution is -1.97. The minimum atomic E-state index is 0.352. The fraction of sp³-hybridized carbons (Fsp3) is 0.176. The predicted octanol–water partition coefficient (Wildman–Crippen LogP) is 4.34. The fourth-order valence-corrected chi connectivity index (χ4v) is 2.68. The standard InChI is InChI=1S/C17H17NO/c1-3-18-15-9-5-4-7-13(15)11-16(18)14-8-6-10-17(19)12(14)2/h4-11,19H,3H2,1-2H3. The third-order valence-corrected chi connectivity index (χ3v) is 3.71. The molecule has 2 nitrogen and oxygen atoms in total. The first-order valence-corrected chi connectivity index (χ1v) is 6.59. The Hall–Kier alpha value is -2.22. The Morgan fingerprint density at radius 3 is 2.63 bits per heavy atom. The number of hydrogen-bond donors (Lipinski definition) is 1. The molecule has 0 fully saturated rings. The van der Waals surface area contributed by atoms with E-state index in [1.165, 1.54) is 10.9 Å². The summed E-state index contributed by atoms with van der Waals surface area (Å²) in [6.07, 6.45) is 0. The minimum Gasteiger partial charge on any atom is -0.508 e. The summed E-state index contributed by atoms with van der Waals surface area (Å²) in [5.41, 5.74) is 4.43. The number of aromatic nitrogens is 1. The van der Waals surface area contributed by atoms with Gasteiger partial charge in [0.15, 0.2) is 0 Å². The van der Waals surface area contributed by atoms with E-state index >= 15 is 0 Å². The van der Waals surface area contributed by atoms with Crippen molar-refractivity contribution < 1.29 is 5.11 Å². The van der Waals surface area contributed by atoms with E-state index in [1.807, 2.05) is 13.0 Å². The molecule has 0 spiro atoms. The maximum absolute atomic E-state index is 9.89. The Kier molecular flexibility index (Phi) is 2.79. The van der Waals surface area contributed by atoms with Gasteiger partial charge in [0.2, 0.25) is 0 Å². The van der Waals surface area contributed by atoms with Crippen molar-refractivity contribution in [3.8, 4) is 17.0 Å². The first-order valence-electron chi connectivity index (χ1n) is 6.59. The highest BCUT2D eigenvalue weighted by Crippen LogP contribution is 2.33. The van der Waals surface area contributed by atoms with Crippen LogP contribution in [0.2, 0.25) is 0 Å². The summed E-state index contributed by atoms with van der Waals surface area (Å²) in [5, 5.41) is 11.1. The number of fused-ring (bicyclic) bond motifs is 1. The van der Waals surface area contributed by atoms with Crippen molar-refractivity contribution in [2.45, 2.75) is 20.4 Å². The maximum atomic E-state index is 9.89. The maximum Gasteiger partial charge on any atom is 0.119 e. The zero-order valence-electron chi connectivity index (χ0n) is 11.2. The molecule has 0 atom stereocenters. The van der Waals surface area contributed by atoms with Crippen LogP contribution in [0.15, 0.2) is 48.5 Å². The van der Waals surface area contributed by atoms with Gasteiger partial charge < -0.3 is 9.67 Å². The number of nitrogens with zero attached hydrogens (tertiary/aromatic N) is 1. The van der Waals surface area contributed by atoms with Crippen molar-refractivity contribution in [2.75, 3.05) is 0 Å². The summed E-state index contributed by atoms with van der Waals surface area (Å²) in [6.45, 7) is 5.02. The molecule has 2 aromatic carbocycles. The second-order valence-electron chi connectivity index (χ2n) is 4.78. The van der Waals surface area contributed by atoms with Crippen molar-refractivity contribution >= 4 is 10.9 Å². The minimum absolute atomic E-state index is 0.352. The summed E-state index contributed by atoms with van der Waals surface area (Å²) < 4.78 is 2.29. The molecule has 0 amide bonds. The lowest BCUT2D eigenvalue weighted by molar-refractivity contribution is 0.471. The Bertz CT molecular complexity index is 740. The van der Waals surface area contributed by atoms with Crippen LogP contribution in [-0.2, 0) is 6.54 Å². The van der Waals surface area contributed by atoms with Gasteiger partial charge in [-0.2, -0.15) is 0 Å². The van der Waals surface area contributed by atoms with E-state index in [-0.39, 0.29) is 0 Å². The van der Waals surface area contributed by atoms with Crippen LogP contribution in [0.25, 0.3) is 22.2 Å². The molecule has 1 aromatic heterocycles. The summed E-state index contributed by atoms with van der Waals surface area (Å²) in [7, 11) is 0. The van der Waals surface area contributed by atoms with Gasteiger partial charge in [0.05, 0.1) is 0 Å². The summed E-state index contributed by atoms with van der Waals surface area (Å²) in [4.78, 5) is 0. The number of hydrogen-bond acceptors (Lipinski definition) is 1. The van der Waals surface area contributed by atoms with Gasteiger partial charge in [-0.05, 0) is 32.0 Å². The van der Waals surface area contributed by atoms with Gasteiger partial charge in [-0.3, -0.25) is 0 Å². The molecule has 0 radical (unpaired) electrons. The highest BCUT2D eigenvalue weighted by molar-refractivity contribution is 5.87. The quantitative estimate of drug-likeness (QED) is 0.720. The number of rotatable bonds is 2. The molecule has 0 aliphatic rings. The Morgan fingerprint density at radius 2 is 1.84 bits per heavy atom. The average molecular weight is 251 g/mol. The van der Waals surface area contributed by atoms with E-state index in [4.69, 9.17) is 0 Å². The van der Waals surface area contributed by atoms with Gasteiger partial charge >= 0.3 is 0 Å². The SMILES string of the molecule is CCn1c(-c2cccc(O)c2C)cc2ccccc21. The van der Waals surface area contributed by atoms with E-state index in [1.54, 1.807) is 6.07 Å². The summed E-state index contributed by atoms with van der Waals surface area (Å²) >= 11 is 0. The smallest absolute Gasteiger partial charge is 0.119 e. The molecule has 3 aromatic rings. The van der Waals surface area contributed by atoms with E-state index < -0.39 is 0 Å². The molecule has 0 unspecified atom stereocenters. The third-order valence-electron chi connectivity index (χ3n) is 3.71. The van der Waals surface area contributed by atoms with Crippen LogP contribution < -0.4 is 0 Å². The lowest BCUT2D eigenvalue weighted by Gasteiger charge is -2.11. The van der Waals surface area contributed by atoms with E-state index in [2.05, 4.69) is 47.9 Å². The highest BCUT2D eigenvalue weighted by Gasteiger charge is 2.12. The fourth-order valence-electron chi connectivity index (χ4n) is 2.68. The highest BCUT2D eigenvalue weighted by atomic mass is 16.3. The molecular weight excluding hydrogens is 234 g/mol. The normalized spacial score (nSPS) is 11.1. The van der Waals surface area contributed by atoms with Crippen molar-refractivity contribution in [3.63, 3.8) is 0 Å². The van der Waals surface area contributed by atoms with Gasteiger partial charge in [0.25, 0.3) is 0 Å². The van der Waals surface area contributed by atoms with Crippen LogP contribution in [0.4, 0.5) is 0 Å². The molecule has 3 rings (SSSR count). The molecular formula is C17H17NO. The zero-order chi connectivity index (χ0) is 13.4. The Labute approximate surface area is 112 Å². The molecule has 96 valence electrons. The van der Waals surface area contributed by atoms with E-state index in [9.17, 15) is 5.11 Å².